The highest BCUT2D eigenvalue weighted by Crippen LogP contribution is 2.23. The molecular formula is C19H28N4O3S. The van der Waals surface area contributed by atoms with Crippen LogP contribution in [0.3, 0.4) is 0 Å². The number of carbonyl (C=O) groups excluding carboxylic acids is 1. The summed E-state index contributed by atoms with van der Waals surface area (Å²) in [4.78, 5) is 20.1. The van der Waals surface area contributed by atoms with Gasteiger partial charge in [-0.15, -0.1) is 11.3 Å². The third-order valence-corrected chi connectivity index (χ3v) is 5.38. The minimum Gasteiger partial charge on any atom is -0.379 e. The van der Waals surface area contributed by atoms with Crippen LogP contribution in [0.1, 0.15) is 39.0 Å². The van der Waals surface area contributed by atoms with Crippen molar-refractivity contribution < 1.29 is 14.1 Å². The third kappa shape index (κ3) is 6.12. The molecule has 0 aromatic carbocycles. The Balaban J connectivity index is 1.43. The first-order valence-corrected chi connectivity index (χ1v) is 10.5. The number of hydrogen-bond donors (Lipinski definition) is 1. The molecule has 27 heavy (non-hydrogen) atoms. The Morgan fingerprint density at radius 3 is 3.19 bits per heavy atom. The summed E-state index contributed by atoms with van der Waals surface area (Å²) in [5.74, 6) is 1.39. The molecule has 3 rings (SSSR count). The quantitative estimate of drug-likeness (QED) is 0.661. The fourth-order valence-electron chi connectivity index (χ4n) is 3.18. The standard InChI is InChI=1S/C19H28N4O3S/c1-14(2)25-10-5-8-20-19(24)15-6-3-9-23(12-15)13-17-21-18(22-26-17)16-7-4-11-27-16/h4,7,11,14-15H,3,5-6,8-10,12-13H2,1-2H3,(H,20,24). The zero-order chi connectivity index (χ0) is 19.1. The van der Waals surface area contributed by atoms with E-state index in [4.69, 9.17) is 9.26 Å². The van der Waals surface area contributed by atoms with Crippen LogP contribution in [-0.4, -0.2) is 53.3 Å². The van der Waals surface area contributed by atoms with Gasteiger partial charge in [-0.25, -0.2) is 0 Å². The van der Waals surface area contributed by atoms with Crippen molar-refractivity contribution in [2.24, 2.45) is 5.92 Å². The van der Waals surface area contributed by atoms with Gasteiger partial charge >= 0.3 is 0 Å². The topological polar surface area (TPSA) is 80.5 Å². The first-order valence-electron chi connectivity index (χ1n) is 9.60. The molecule has 0 saturated carbocycles. The summed E-state index contributed by atoms with van der Waals surface area (Å²) in [5, 5.41) is 9.09. The average Bonchev–Trinajstić information content (AvgIpc) is 3.33. The number of thiophene rings is 1. The number of ether oxygens (including phenoxy) is 1. The number of piperidine rings is 1. The summed E-state index contributed by atoms with van der Waals surface area (Å²) < 4.78 is 10.9. The van der Waals surface area contributed by atoms with Crippen molar-refractivity contribution in [2.75, 3.05) is 26.2 Å². The molecule has 1 fully saturated rings. The Morgan fingerprint density at radius 2 is 2.41 bits per heavy atom. The van der Waals surface area contributed by atoms with E-state index in [0.717, 1.165) is 37.2 Å². The van der Waals surface area contributed by atoms with E-state index in [2.05, 4.69) is 20.4 Å². The van der Waals surface area contributed by atoms with Crippen LogP contribution in [-0.2, 0) is 16.1 Å². The maximum absolute atomic E-state index is 12.4. The molecule has 1 aliphatic heterocycles. The number of likely N-dealkylation sites (tertiary alicyclic amines) is 1. The van der Waals surface area contributed by atoms with Crippen molar-refractivity contribution in [3.05, 3.63) is 23.4 Å². The predicted octanol–water partition coefficient (Wildman–Crippen LogP) is 2.94. The van der Waals surface area contributed by atoms with Crippen LogP contribution in [0.4, 0.5) is 0 Å². The fourth-order valence-corrected chi connectivity index (χ4v) is 3.83. The highest BCUT2D eigenvalue weighted by atomic mass is 32.1. The number of carbonyl (C=O) groups is 1. The maximum Gasteiger partial charge on any atom is 0.241 e. The second kappa shape index (κ2) is 9.96. The normalized spacial score (nSPS) is 18.1. The number of hydrogen-bond acceptors (Lipinski definition) is 7. The van der Waals surface area contributed by atoms with Crippen molar-refractivity contribution in [1.82, 2.24) is 20.4 Å². The van der Waals surface area contributed by atoms with Gasteiger partial charge in [0.2, 0.25) is 17.6 Å². The molecule has 7 nitrogen and oxygen atoms in total. The summed E-state index contributed by atoms with van der Waals surface area (Å²) in [6.07, 6.45) is 3.00. The van der Waals surface area contributed by atoms with Gasteiger partial charge in [0, 0.05) is 19.7 Å². The first kappa shape index (κ1) is 20.0. The lowest BCUT2D eigenvalue weighted by Gasteiger charge is -2.30. The first-order chi connectivity index (χ1) is 13.1. The van der Waals surface area contributed by atoms with Gasteiger partial charge in [-0.3, -0.25) is 9.69 Å². The molecule has 0 radical (unpaired) electrons. The molecule has 1 N–H and O–H groups in total. The Hall–Kier alpha value is -1.77. The molecule has 148 valence electrons. The van der Waals surface area contributed by atoms with Gasteiger partial charge in [-0.05, 0) is 51.1 Å². The zero-order valence-electron chi connectivity index (χ0n) is 16.0. The molecule has 8 heteroatoms. The predicted molar refractivity (Wildman–Crippen MR) is 104 cm³/mol. The van der Waals surface area contributed by atoms with Crippen LogP contribution in [0.5, 0.6) is 0 Å². The van der Waals surface area contributed by atoms with Gasteiger partial charge in [-0.2, -0.15) is 4.98 Å². The number of rotatable bonds is 9. The van der Waals surface area contributed by atoms with Crippen LogP contribution in [0.15, 0.2) is 22.0 Å². The van der Waals surface area contributed by atoms with Crippen molar-refractivity contribution in [3.8, 4) is 10.7 Å². The van der Waals surface area contributed by atoms with Crippen LogP contribution in [0, 0.1) is 5.92 Å². The van der Waals surface area contributed by atoms with Crippen LogP contribution < -0.4 is 5.32 Å². The minimum absolute atomic E-state index is 0.0180. The molecule has 0 bridgehead atoms. The smallest absolute Gasteiger partial charge is 0.241 e. The molecule has 2 aromatic heterocycles. The van der Waals surface area contributed by atoms with E-state index < -0.39 is 0 Å². The zero-order valence-corrected chi connectivity index (χ0v) is 16.8. The largest absolute Gasteiger partial charge is 0.379 e. The molecule has 3 heterocycles. The number of nitrogens with one attached hydrogen (secondary N) is 1. The minimum atomic E-state index is 0.0180. The van der Waals surface area contributed by atoms with Gasteiger partial charge in [0.05, 0.1) is 23.4 Å². The molecule has 1 saturated heterocycles. The Kier molecular flexibility index (Phi) is 7.37. The van der Waals surface area contributed by atoms with E-state index in [1.807, 2.05) is 31.4 Å². The van der Waals surface area contributed by atoms with Crippen molar-refractivity contribution >= 4 is 17.2 Å². The highest BCUT2D eigenvalue weighted by Gasteiger charge is 2.26. The van der Waals surface area contributed by atoms with Gasteiger partial charge in [0.15, 0.2) is 0 Å². The molecule has 0 aliphatic carbocycles. The van der Waals surface area contributed by atoms with Gasteiger partial charge in [-0.1, -0.05) is 11.2 Å². The third-order valence-electron chi connectivity index (χ3n) is 4.52. The summed E-state index contributed by atoms with van der Waals surface area (Å²) in [5.41, 5.74) is 0. The van der Waals surface area contributed by atoms with Crippen LogP contribution >= 0.6 is 11.3 Å². The van der Waals surface area contributed by atoms with E-state index in [1.165, 1.54) is 0 Å². The van der Waals surface area contributed by atoms with Crippen molar-refractivity contribution in [1.29, 1.82) is 0 Å². The molecule has 0 spiro atoms. The van der Waals surface area contributed by atoms with Crippen LogP contribution in [0.25, 0.3) is 10.7 Å². The van der Waals surface area contributed by atoms with E-state index in [0.29, 0.717) is 31.4 Å². The van der Waals surface area contributed by atoms with Crippen LogP contribution in [0.2, 0.25) is 0 Å². The van der Waals surface area contributed by atoms with E-state index in [1.54, 1.807) is 11.3 Å². The molecular weight excluding hydrogens is 364 g/mol. The Labute approximate surface area is 164 Å². The number of aromatic nitrogens is 2. The molecule has 2 aromatic rings. The van der Waals surface area contributed by atoms with E-state index in [-0.39, 0.29) is 17.9 Å². The summed E-state index contributed by atoms with van der Waals surface area (Å²) >= 11 is 1.59. The lowest BCUT2D eigenvalue weighted by atomic mass is 9.97. The molecule has 1 unspecified atom stereocenters. The Bertz CT molecular complexity index is 702. The van der Waals surface area contributed by atoms with Gasteiger partial charge < -0.3 is 14.6 Å². The number of nitrogens with zero attached hydrogens (tertiary/aromatic N) is 3. The average molecular weight is 393 g/mol. The molecule has 1 aliphatic rings. The van der Waals surface area contributed by atoms with Crippen molar-refractivity contribution in [3.63, 3.8) is 0 Å². The van der Waals surface area contributed by atoms with E-state index in [9.17, 15) is 4.79 Å². The second-order valence-electron chi connectivity index (χ2n) is 7.13. The number of amides is 1. The maximum atomic E-state index is 12.4. The second-order valence-corrected chi connectivity index (χ2v) is 8.08. The highest BCUT2D eigenvalue weighted by molar-refractivity contribution is 7.13. The fraction of sp³-hybridized carbons (Fsp3) is 0.632. The Morgan fingerprint density at radius 1 is 1.52 bits per heavy atom. The van der Waals surface area contributed by atoms with E-state index >= 15 is 0 Å². The van der Waals surface area contributed by atoms with Gasteiger partial charge in [0.25, 0.3) is 0 Å². The summed E-state index contributed by atoms with van der Waals surface area (Å²) in [7, 11) is 0. The molecule has 1 atom stereocenters. The van der Waals surface area contributed by atoms with Crippen molar-refractivity contribution in [2.45, 2.75) is 45.8 Å². The summed E-state index contributed by atoms with van der Waals surface area (Å²) in [6.45, 7) is 7.64. The molecule has 1 amide bonds. The SMILES string of the molecule is CC(C)OCCCNC(=O)C1CCCN(Cc2nc(-c3cccs3)no2)C1. The lowest BCUT2D eigenvalue weighted by Crippen LogP contribution is -2.43. The lowest BCUT2D eigenvalue weighted by molar-refractivity contribution is -0.126. The van der Waals surface area contributed by atoms with Gasteiger partial charge in [0.1, 0.15) is 0 Å². The monoisotopic (exact) mass is 392 g/mol. The summed E-state index contributed by atoms with van der Waals surface area (Å²) in [6, 6.07) is 3.95.